The van der Waals surface area contributed by atoms with Crippen LogP contribution in [0.1, 0.15) is 32.6 Å². The molecule has 6 heteroatoms. The lowest BCUT2D eigenvalue weighted by Gasteiger charge is -2.16. The van der Waals surface area contributed by atoms with Gasteiger partial charge in [0.2, 0.25) is 0 Å². The molecular formula is C17H21N3O2S. The van der Waals surface area contributed by atoms with E-state index in [0.717, 1.165) is 15.6 Å². The van der Waals surface area contributed by atoms with E-state index in [1.165, 1.54) is 9.56 Å². The van der Waals surface area contributed by atoms with Gasteiger partial charge < -0.3 is 4.57 Å². The van der Waals surface area contributed by atoms with Crippen molar-refractivity contribution in [2.75, 3.05) is 0 Å². The number of carbonyl (C=O) groups excluding carboxylic acids is 1. The SMILES string of the molecule is CCn1c2cc(C)sc2c2cnn(CC(=O)C(C)(C)C)c(=O)c21. The number of carbonyl (C=O) groups is 1. The van der Waals surface area contributed by atoms with Gasteiger partial charge in [-0.05, 0) is 19.9 Å². The van der Waals surface area contributed by atoms with Crippen LogP contribution in [-0.4, -0.2) is 20.1 Å². The van der Waals surface area contributed by atoms with Crippen LogP contribution in [0.2, 0.25) is 0 Å². The van der Waals surface area contributed by atoms with E-state index in [0.29, 0.717) is 12.1 Å². The number of hydrogen-bond donors (Lipinski definition) is 0. The van der Waals surface area contributed by atoms with Crippen LogP contribution < -0.4 is 5.56 Å². The van der Waals surface area contributed by atoms with E-state index in [2.05, 4.69) is 18.1 Å². The summed E-state index contributed by atoms with van der Waals surface area (Å²) in [7, 11) is 0. The predicted molar refractivity (Wildman–Crippen MR) is 94.2 cm³/mol. The predicted octanol–water partition coefficient (Wildman–Crippen LogP) is 3.36. The van der Waals surface area contributed by atoms with Gasteiger partial charge in [0.25, 0.3) is 5.56 Å². The molecule has 5 nitrogen and oxygen atoms in total. The molecular weight excluding hydrogens is 310 g/mol. The van der Waals surface area contributed by atoms with E-state index >= 15 is 0 Å². The van der Waals surface area contributed by atoms with Crippen molar-refractivity contribution in [1.29, 1.82) is 0 Å². The van der Waals surface area contributed by atoms with Crippen molar-refractivity contribution in [1.82, 2.24) is 14.3 Å². The summed E-state index contributed by atoms with van der Waals surface area (Å²) in [6, 6.07) is 2.10. The molecule has 0 spiro atoms. The summed E-state index contributed by atoms with van der Waals surface area (Å²) < 4.78 is 4.41. The lowest BCUT2D eigenvalue weighted by molar-refractivity contribution is -0.127. The van der Waals surface area contributed by atoms with Crippen molar-refractivity contribution in [2.24, 2.45) is 5.41 Å². The van der Waals surface area contributed by atoms with Gasteiger partial charge in [-0.25, -0.2) is 4.68 Å². The van der Waals surface area contributed by atoms with Crippen LogP contribution in [0, 0.1) is 12.3 Å². The van der Waals surface area contributed by atoms with E-state index in [4.69, 9.17) is 0 Å². The maximum Gasteiger partial charge on any atom is 0.291 e. The average molecular weight is 331 g/mol. The minimum absolute atomic E-state index is 0.00119. The number of hydrogen-bond acceptors (Lipinski definition) is 4. The topological polar surface area (TPSA) is 56.9 Å². The van der Waals surface area contributed by atoms with Gasteiger partial charge in [0.1, 0.15) is 12.1 Å². The van der Waals surface area contributed by atoms with Crippen LogP contribution in [0.5, 0.6) is 0 Å². The first kappa shape index (κ1) is 15.9. The third-order valence-corrected chi connectivity index (χ3v) is 5.18. The molecule has 3 rings (SSSR count). The number of nitrogens with zero attached hydrogens (tertiary/aromatic N) is 3. The van der Waals surface area contributed by atoms with Crippen molar-refractivity contribution in [2.45, 2.75) is 47.7 Å². The summed E-state index contributed by atoms with van der Waals surface area (Å²) >= 11 is 1.67. The Morgan fingerprint density at radius 3 is 2.65 bits per heavy atom. The third-order valence-electron chi connectivity index (χ3n) is 4.11. The first-order valence-corrected chi connectivity index (χ1v) is 8.57. The largest absolute Gasteiger partial charge is 0.335 e. The Morgan fingerprint density at radius 1 is 1.35 bits per heavy atom. The molecule has 122 valence electrons. The van der Waals surface area contributed by atoms with Gasteiger partial charge in [-0.2, -0.15) is 5.10 Å². The summed E-state index contributed by atoms with van der Waals surface area (Å²) in [6.07, 6.45) is 1.72. The molecule has 0 amide bonds. The quantitative estimate of drug-likeness (QED) is 0.739. The molecule has 0 unspecified atom stereocenters. The van der Waals surface area contributed by atoms with Gasteiger partial charge in [-0.1, -0.05) is 20.8 Å². The van der Waals surface area contributed by atoms with Crippen molar-refractivity contribution in [3.63, 3.8) is 0 Å². The molecule has 0 aliphatic carbocycles. The Balaban J connectivity index is 2.23. The van der Waals surface area contributed by atoms with Crippen LogP contribution in [0.4, 0.5) is 0 Å². The Bertz CT molecular complexity index is 970. The minimum atomic E-state index is -0.486. The highest BCUT2D eigenvalue weighted by molar-refractivity contribution is 7.20. The second kappa shape index (κ2) is 5.30. The molecule has 3 aromatic heterocycles. The second-order valence-electron chi connectivity index (χ2n) is 6.86. The van der Waals surface area contributed by atoms with Crippen molar-refractivity contribution in [3.05, 3.63) is 27.5 Å². The molecule has 0 saturated heterocycles. The van der Waals surface area contributed by atoms with Crippen molar-refractivity contribution >= 4 is 38.2 Å². The van der Waals surface area contributed by atoms with Crippen LogP contribution in [0.15, 0.2) is 17.1 Å². The van der Waals surface area contributed by atoms with Gasteiger partial charge in [0.15, 0.2) is 5.78 Å². The van der Waals surface area contributed by atoms with Crippen LogP contribution in [0.25, 0.3) is 21.1 Å². The fourth-order valence-electron chi connectivity index (χ4n) is 2.73. The summed E-state index contributed by atoms with van der Waals surface area (Å²) in [5.41, 5.74) is 1.04. The highest BCUT2D eigenvalue weighted by Crippen LogP contribution is 2.33. The lowest BCUT2D eigenvalue weighted by Crippen LogP contribution is -2.32. The molecule has 0 saturated carbocycles. The number of rotatable bonds is 3. The maximum atomic E-state index is 12.9. The highest BCUT2D eigenvalue weighted by Gasteiger charge is 2.23. The van der Waals surface area contributed by atoms with Gasteiger partial charge in [0.05, 0.1) is 16.4 Å². The fourth-order valence-corrected chi connectivity index (χ4v) is 3.76. The molecule has 23 heavy (non-hydrogen) atoms. The Kier molecular flexibility index (Phi) is 3.67. The zero-order chi connectivity index (χ0) is 16.9. The van der Waals surface area contributed by atoms with Crippen LogP contribution in [-0.2, 0) is 17.9 Å². The number of ketones is 1. The lowest BCUT2D eigenvalue weighted by atomic mass is 9.91. The summed E-state index contributed by atoms with van der Waals surface area (Å²) in [6.45, 7) is 10.4. The van der Waals surface area contributed by atoms with Crippen LogP contribution >= 0.6 is 11.3 Å². The van der Waals surface area contributed by atoms with Gasteiger partial charge >= 0.3 is 0 Å². The Morgan fingerprint density at radius 2 is 2.04 bits per heavy atom. The molecule has 0 aliphatic heterocycles. The molecule has 3 heterocycles. The Labute approximate surface area is 138 Å². The Hall–Kier alpha value is -1.95. The first-order chi connectivity index (χ1) is 10.7. The number of thiophene rings is 1. The van der Waals surface area contributed by atoms with E-state index in [-0.39, 0.29) is 17.9 Å². The van der Waals surface area contributed by atoms with E-state index in [1.54, 1.807) is 17.5 Å². The average Bonchev–Trinajstić information content (AvgIpc) is 2.96. The molecule has 0 N–H and O–H groups in total. The molecule has 0 bridgehead atoms. The fraction of sp³-hybridized carbons (Fsp3) is 0.471. The molecule has 0 radical (unpaired) electrons. The third kappa shape index (κ3) is 2.51. The summed E-state index contributed by atoms with van der Waals surface area (Å²) in [5, 5.41) is 5.12. The number of Topliss-reactive ketones (excluding diaryl/α,β-unsaturated/α-hetero) is 1. The number of aromatic nitrogens is 3. The number of aryl methyl sites for hydroxylation is 2. The van der Waals surface area contributed by atoms with Crippen molar-refractivity contribution < 1.29 is 4.79 Å². The monoisotopic (exact) mass is 331 g/mol. The second-order valence-corrected chi connectivity index (χ2v) is 8.11. The first-order valence-electron chi connectivity index (χ1n) is 7.75. The van der Waals surface area contributed by atoms with Crippen molar-refractivity contribution in [3.8, 4) is 0 Å². The number of fused-ring (bicyclic) bond motifs is 3. The molecule has 0 atom stereocenters. The minimum Gasteiger partial charge on any atom is -0.335 e. The summed E-state index contributed by atoms with van der Waals surface area (Å²) in [5.74, 6) is -0.00119. The maximum absolute atomic E-state index is 12.9. The smallest absolute Gasteiger partial charge is 0.291 e. The zero-order valence-electron chi connectivity index (χ0n) is 14.1. The molecule has 3 aromatic rings. The van der Waals surface area contributed by atoms with Gasteiger partial charge in [-0.3, -0.25) is 9.59 Å². The van der Waals surface area contributed by atoms with Gasteiger partial charge in [0, 0.05) is 22.2 Å². The summed E-state index contributed by atoms with van der Waals surface area (Å²) in [4.78, 5) is 26.3. The molecule has 0 aromatic carbocycles. The zero-order valence-corrected chi connectivity index (χ0v) is 15.0. The van der Waals surface area contributed by atoms with E-state index in [1.807, 2.05) is 32.3 Å². The normalized spacial score (nSPS) is 12.4. The van der Waals surface area contributed by atoms with Gasteiger partial charge in [-0.15, -0.1) is 11.3 Å². The standard InChI is InChI=1S/C17H21N3O2S/c1-6-19-12-7-10(2)23-15(12)11-8-18-20(16(22)14(11)19)9-13(21)17(3,4)5/h7-8H,6,9H2,1-5H3. The van der Waals surface area contributed by atoms with Crippen LogP contribution in [0.3, 0.4) is 0 Å². The van der Waals surface area contributed by atoms with E-state index < -0.39 is 5.41 Å². The molecule has 0 fully saturated rings. The van der Waals surface area contributed by atoms with E-state index in [9.17, 15) is 9.59 Å². The molecule has 0 aliphatic rings. The highest BCUT2D eigenvalue weighted by atomic mass is 32.1.